The molecule has 0 saturated heterocycles. The van der Waals surface area contributed by atoms with Crippen LogP contribution in [0.25, 0.3) is 0 Å². The summed E-state index contributed by atoms with van der Waals surface area (Å²) in [5.41, 5.74) is -0.232. The number of amides is 1. The largest absolute Gasteiger partial charge is 0.495 e. The van der Waals surface area contributed by atoms with Crippen LogP contribution in [0, 0.1) is 10.1 Å². The van der Waals surface area contributed by atoms with Crippen molar-refractivity contribution < 1.29 is 27.6 Å². The van der Waals surface area contributed by atoms with Crippen LogP contribution in [0.3, 0.4) is 0 Å². The highest BCUT2D eigenvalue weighted by Gasteiger charge is 2.21. The Morgan fingerprint density at radius 1 is 1.04 bits per heavy atom. The summed E-state index contributed by atoms with van der Waals surface area (Å²) in [6.45, 7) is 1.27. The minimum absolute atomic E-state index is 0.0939. The first-order valence-corrected chi connectivity index (χ1v) is 8.97. The van der Waals surface area contributed by atoms with Crippen molar-refractivity contribution in [2.24, 2.45) is 0 Å². The van der Waals surface area contributed by atoms with Crippen LogP contribution in [0.5, 0.6) is 11.5 Å². The number of nitrogens with zero attached hydrogens (tertiary/aromatic N) is 1. The van der Waals surface area contributed by atoms with E-state index < -0.39 is 20.9 Å². The molecule has 11 heteroatoms. The van der Waals surface area contributed by atoms with E-state index in [4.69, 9.17) is 9.47 Å². The third-order valence-corrected chi connectivity index (χ3v) is 4.79. The van der Waals surface area contributed by atoms with Crippen LogP contribution in [-0.2, 0) is 14.8 Å². The molecule has 2 aromatic rings. The van der Waals surface area contributed by atoms with E-state index in [1.807, 2.05) is 0 Å². The molecule has 2 aromatic carbocycles. The maximum absolute atomic E-state index is 12.7. The van der Waals surface area contributed by atoms with Crippen LogP contribution in [0.4, 0.5) is 17.1 Å². The maximum atomic E-state index is 12.7. The molecule has 2 N–H and O–H groups in total. The number of anilines is 2. The number of benzene rings is 2. The van der Waals surface area contributed by atoms with Gasteiger partial charge < -0.3 is 14.8 Å². The molecule has 0 aliphatic rings. The number of hydrogen-bond donors (Lipinski definition) is 2. The first-order chi connectivity index (χ1) is 12.7. The van der Waals surface area contributed by atoms with E-state index in [0.717, 1.165) is 6.07 Å². The highest BCUT2D eigenvalue weighted by atomic mass is 32.2. The van der Waals surface area contributed by atoms with Crippen molar-refractivity contribution in [3.8, 4) is 11.5 Å². The molecule has 0 spiro atoms. The number of nitro benzene ring substituents is 1. The van der Waals surface area contributed by atoms with E-state index >= 15 is 0 Å². The van der Waals surface area contributed by atoms with Crippen molar-refractivity contribution in [3.63, 3.8) is 0 Å². The molecule has 0 radical (unpaired) electrons. The van der Waals surface area contributed by atoms with Gasteiger partial charge in [-0.05, 0) is 24.3 Å². The highest BCUT2D eigenvalue weighted by molar-refractivity contribution is 7.92. The second-order valence-electron chi connectivity index (χ2n) is 5.29. The lowest BCUT2D eigenvalue weighted by molar-refractivity contribution is -0.384. The summed E-state index contributed by atoms with van der Waals surface area (Å²) in [7, 11) is -1.45. The SMILES string of the molecule is COc1ccc(S(=O)(=O)Nc2cc([N+](=O)[O-])ccc2OC)cc1NC(C)=O. The first kappa shape index (κ1) is 20.0. The zero-order chi connectivity index (χ0) is 20.2. The van der Waals surface area contributed by atoms with Gasteiger partial charge in [-0.1, -0.05) is 0 Å². The van der Waals surface area contributed by atoms with E-state index in [0.29, 0.717) is 0 Å². The lowest BCUT2D eigenvalue weighted by atomic mass is 10.2. The Balaban J connectivity index is 2.46. The van der Waals surface area contributed by atoms with Gasteiger partial charge in [-0.3, -0.25) is 19.6 Å². The van der Waals surface area contributed by atoms with Gasteiger partial charge >= 0.3 is 0 Å². The van der Waals surface area contributed by atoms with Gasteiger partial charge in [0.05, 0.1) is 35.4 Å². The standard InChI is InChI=1S/C16H17N3O7S/c1-10(20)17-13-9-12(5-7-15(13)25-2)27(23,24)18-14-8-11(19(21)22)4-6-16(14)26-3/h4-9,18H,1-3H3,(H,17,20). The number of methoxy groups -OCH3 is 2. The molecular formula is C16H17N3O7S. The van der Waals surface area contributed by atoms with Gasteiger partial charge in [-0.25, -0.2) is 8.42 Å². The monoisotopic (exact) mass is 395 g/mol. The van der Waals surface area contributed by atoms with E-state index in [-0.39, 0.29) is 33.5 Å². The van der Waals surface area contributed by atoms with Crippen LogP contribution in [0.15, 0.2) is 41.3 Å². The molecule has 144 valence electrons. The fraction of sp³-hybridized carbons (Fsp3) is 0.188. The number of carbonyl (C=O) groups excluding carboxylic acids is 1. The van der Waals surface area contributed by atoms with E-state index in [1.165, 1.54) is 51.5 Å². The van der Waals surface area contributed by atoms with Crippen LogP contribution < -0.4 is 19.5 Å². The van der Waals surface area contributed by atoms with Gasteiger partial charge in [0.15, 0.2) is 0 Å². The quantitative estimate of drug-likeness (QED) is 0.542. The van der Waals surface area contributed by atoms with E-state index in [2.05, 4.69) is 10.0 Å². The number of carbonyl (C=O) groups is 1. The number of nitrogens with one attached hydrogen (secondary N) is 2. The van der Waals surface area contributed by atoms with Gasteiger partial charge in [0.1, 0.15) is 11.5 Å². The van der Waals surface area contributed by atoms with Crippen LogP contribution in [0.1, 0.15) is 6.92 Å². The Morgan fingerprint density at radius 2 is 1.63 bits per heavy atom. The average molecular weight is 395 g/mol. The Kier molecular flexibility index (Phi) is 5.85. The minimum Gasteiger partial charge on any atom is -0.495 e. The summed E-state index contributed by atoms with van der Waals surface area (Å²) in [6.07, 6.45) is 0. The van der Waals surface area contributed by atoms with Crippen molar-refractivity contribution in [2.75, 3.05) is 24.3 Å². The lowest BCUT2D eigenvalue weighted by Crippen LogP contribution is -2.15. The van der Waals surface area contributed by atoms with Crippen molar-refractivity contribution >= 4 is 33.0 Å². The molecule has 1 amide bonds. The highest BCUT2D eigenvalue weighted by Crippen LogP contribution is 2.32. The summed E-state index contributed by atoms with van der Waals surface area (Å²) in [4.78, 5) is 21.4. The number of sulfonamides is 1. The second-order valence-corrected chi connectivity index (χ2v) is 6.97. The predicted octanol–water partition coefficient (Wildman–Crippen LogP) is 2.37. The Morgan fingerprint density at radius 3 is 2.19 bits per heavy atom. The summed E-state index contributed by atoms with van der Waals surface area (Å²) in [5.74, 6) is -0.0204. The zero-order valence-corrected chi connectivity index (χ0v) is 15.5. The molecule has 0 bridgehead atoms. The van der Waals surface area contributed by atoms with Crippen LogP contribution in [-0.4, -0.2) is 33.5 Å². The van der Waals surface area contributed by atoms with Crippen molar-refractivity contribution in [1.82, 2.24) is 0 Å². The van der Waals surface area contributed by atoms with Gasteiger partial charge in [0.2, 0.25) is 5.91 Å². The summed E-state index contributed by atoms with van der Waals surface area (Å²) < 4.78 is 37.8. The fourth-order valence-corrected chi connectivity index (χ4v) is 3.32. The molecule has 0 aliphatic heterocycles. The number of non-ortho nitro benzene ring substituents is 1. The number of hydrogen-bond acceptors (Lipinski definition) is 7. The molecule has 2 rings (SSSR count). The second kappa shape index (κ2) is 7.91. The van der Waals surface area contributed by atoms with Crippen molar-refractivity contribution in [3.05, 3.63) is 46.5 Å². The lowest BCUT2D eigenvalue weighted by Gasteiger charge is -2.14. The zero-order valence-electron chi connectivity index (χ0n) is 14.7. The van der Waals surface area contributed by atoms with Gasteiger partial charge in [0, 0.05) is 19.1 Å². The fourth-order valence-electron chi connectivity index (χ4n) is 2.23. The van der Waals surface area contributed by atoms with Gasteiger partial charge in [-0.2, -0.15) is 0 Å². The van der Waals surface area contributed by atoms with Crippen molar-refractivity contribution in [1.29, 1.82) is 0 Å². The normalized spacial score (nSPS) is 10.8. The molecule has 0 atom stereocenters. The Bertz CT molecular complexity index is 990. The molecule has 0 heterocycles. The first-order valence-electron chi connectivity index (χ1n) is 7.49. The maximum Gasteiger partial charge on any atom is 0.271 e. The Hall–Kier alpha value is -3.34. The van der Waals surface area contributed by atoms with Gasteiger partial charge in [0.25, 0.3) is 15.7 Å². The van der Waals surface area contributed by atoms with E-state index in [9.17, 15) is 23.3 Å². The third-order valence-electron chi connectivity index (χ3n) is 3.43. The number of ether oxygens (including phenoxy) is 2. The molecular weight excluding hydrogens is 378 g/mol. The van der Waals surface area contributed by atoms with Crippen molar-refractivity contribution in [2.45, 2.75) is 11.8 Å². The average Bonchev–Trinajstić information content (AvgIpc) is 2.60. The van der Waals surface area contributed by atoms with Crippen LogP contribution >= 0.6 is 0 Å². The number of rotatable bonds is 7. The molecule has 0 aromatic heterocycles. The predicted molar refractivity (Wildman–Crippen MR) is 97.8 cm³/mol. The molecule has 10 nitrogen and oxygen atoms in total. The molecule has 0 saturated carbocycles. The molecule has 27 heavy (non-hydrogen) atoms. The molecule has 0 unspecified atom stereocenters. The Labute approximate surface area is 155 Å². The van der Waals surface area contributed by atoms with Gasteiger partial charge in [-0.15, -0.1) is 0 Å². The van der Waals surface area contributed by atoms with Crippen LogP contribution in [0.2, 0.25) is 0 Å². The third kappa shape index (κ3) is 4.64. The summed E-state index contributed by atoms with van der Waals surface area (Å²) >= 11 is 0. The summed E-state index contributed by atoms with van der Waals surface area (Å²) in [6, 6.07) is 7.40. The minimum atomic E-state index is -4.13. The topological polar surface area (TPSA) is 137 Å². The smallest absolute Gasteiger partial charge is 0.271 e. The number of nitro groups is 1. The molecule has 0 aliphatic carbocycles. The van der Waals surface area contributed by atoms with E-state index in [1.54, 1.807) is 0 Å². The molecule has 0 fully saturated rings. The summed E-state index contributed by atoms with van der Waals surface area (Å²) in [5, 5.41) is 13.4.